The van der Waals surface area contributed by atoms with Gasteiger partial charge in [-0.3, -0.25) is 4.79 Å². The van der Waals surface area contributed by atoms with E-state index in [4.69, 9.17) is 4.52 Å². The van der Waals surface area contributed by atoms with E-state index in [9.17, 15) is 4.79 Å². The van der Waals surface area contributed by atoms with Crippen molar-refractivity contribution in [1.82, 2.24) is 15.0 Å². The Morgan fingerprint density at radius 1 is 1.47 bits per heavy atom. The van der Waals surface area contributed by atoms with Crippen LogP contribution in [0.2, 0.25) is 0 Å². The second kappa shape index (κ2) is 5.52. The number of hydrogen-bond acceptors (Lipinski definition) is 5. The zero-order valence-corrected chi connectivity index (χ0v) is 12.4. The van der Waals surface area contributed by atoms with Crippen LogP contribution in [0.25, 0.3) is 0 Å². The van der Waals surface area contributed by atoms with Gasteiger partial charge in [0.05, 0.1) is 17.2 Å². The van der Waals surface area contributed by atoms with E-state index in [0.29, 0.717) is 11.4 Å². The van der Waals surface area contributed by atoms with Crippen LogP contribution in [0.5, 0.6) is 0 Å². The van der Waals surface area contributed by atoms with Crippen molar-refractivity contribution in [1.29, 1.82) is 0 Å². The number of thiazole rings is 1. The molecule has 0 aliphatic rings. The van der Waals surface area contributed by atoms with Crippen LogP contribution in [0.3, 0.4) is 0 Å². The standard InChI is InChI=1S/C13H17N3O2S/c1-5-11-14-9(3)12(19-11)13(17)16(4)7-10-6-8(2)18-15-10/h6H,5,7H2,1-4H3. The molecule has 0 aliphatic carbocycles. The summed E-state index contributed by atoms with van der Waals surface area (Å²) in [6, 6.07) is 1.83. The number of hydrogen-bond donors (Lipinski definition) is 0. The van der Waals surface area contributed by atoms with E-state index in [1.54, 1.807) is 11.9 Å². The summed E-state index contributed by atoms with van der Waals surface area (Å²) in [6.45, 7) is 6.18. The molecular formula is C13H17N3O2S. The van der Waals surface area contributed by atoms with Gasteiger partial charge in [-0.05, 0) is 20.3 Å². The molecule has 2 aromatic heterocycles. The minimum Gasteiger partial charge on any atom is -0.361 e. The second-order valence-corrected chi connectivity index (χ2v) is 5.55. The molecule has 0 aromatic carbocycles. The van der Waals surface area contributed by atoms with Crippen molar-refractivity contribution in [3.8, 4) is 0 Å². The van der Waals surface area contributed by atoms with Crippen molar-refractivity contribution in [3.63, 3.8) is 0 Å². The van der Waals surface area contributed by atoms with Crippen molar-refractivity contribution in [2.75, 3.05) is 7.05 Å². The summed E-state index contributed by atoms with van der Waals surface area (Å²) in [5.41, 5.74) is 1.56. The van der Waals surface area contributed by atoms with Gasteiger partial charge in [0.1, 0.15) is 16.3 Å². The lowest BCUT2D eigenvalue weighted by molar-refractivity contribution is 0.0786. The maximum absolute atomic E-state index is 12.3. The van der Waals surface area contributed by atoms with Crippen LogP contribution < -0.4 is 0 Å². The molecule has 6 heteroatoms. The molecule has 2 aromatic rings. The van der Waals surface area contributed by atoms with E-state index in [2.05, 4.69) is 10.1 Å². The van der Waals surface area contributed by atoms with Crippen LogP contribution in [0.1, 0.15) is 38.8 Å². The number of aryl methyl sites for hydroxylation is 3. The molecule has 0 bridgehead atoms. The van der Waals surface area contributed by atoms with Crippen molar-refractivity contribution in [2.24, 2.45) is 0 Å². The molecule has 5 nitrogen and oxygen atoms in total. The van der Waals surface area contributed by atoms with Crippen molar-refractivity contribution >= 4 is 17.2 Å². The quantitative estimate of drug-likeness (QED) is 0.863. The topological polar surface area (TPSA) is 59.2 Å². The van der Waals surface area contributed by atoms with Gasteiger partial charge in [-0.15, -0.1) is 11.3 Å². The fourth-order valence-corrected chi connectivity index (χ4v) is 2.78. The summed E-state index contributed by atoms with van der Waals surface area (Å²) in [5.74, 6) is 0.730. The second-order valence-electron chi connectivity index (χ2n) is 4.47. The molecule has 0 atom stereocenters. The first-order valence-corrected chi connectivity index (χ1v) is 6.96. The molecule has 2 rings (SSSR count). The van der Waals surface area contributed by atoms with Gasteiger partial charge in [0.2, 0.25) is 0 Å². The van der Waals surface area contributed by atoms with E-state index in [1.165, 1.54) is 11.3 Å². The molecule has 2 heterocycles. The number of nitrogens with zero attached hydrogens (tertiary/aromatic N) is 3. The molecule has 0 spiro atoms. The van der Waals surface area contributed by atoms with Gasteiger partial charge in [0.25, 0.3) is 5.91 Å². The zero-order chi connectivity index (χ0) is 14.0. The largest absolute Gasteiger partial charge is 0.361 e. The molecule has 0 fully saturated rings. The molecule has 102 valence electrons. The van der Waals surface area contributed by atoms with E-state index in [1.807, 2.05) is 26.8 Å². The lowest BCUT2D eigenvalue weighted by Gasteiger charge is -2.14. The van der Waals surface area contributed by atoms with Crippen molar-refractivity contribution in [2.45, 2.75) is 33.7 Å². The zero-order valence-electron chi connectivity index (χ0n) is 11.6. The van der Waals surface area contributed by atoms with Gasteiger partial charge >= 0.3 is 0 Å². The lowest BCUT2D eigenvalue weighted by Crippen LogP contribution is -2.26. The molecule has 0 N–H and O–H groups in total. The summed E-state index contributed by atoms with van der Waals surface area (Å²) < 4.78 is 5.00. The average molecular weight is 279 g/mol. The number of carbonyl (C=O) groups excluding carboxylic acids is 1. The van der Waals surface area contributed by atoms with Gasteiger partial charge in [0, 0.05) is 13.1 Å². The van der Waals surface area contributed by atoms with Crippen LogP contribution in [0, 0.1) is 13.8 Å². The smallest absolute Gasteiger partial charge is 0.265 e. The molecule has 1 amide bonds. The molecule has 0 unspecified atom stereocenters. The summed E-state index contributed by atoms with van der Waals surface area (Å²) in [5, 5.41) is 4.89. The Bertz CT molecular complexity index is 588. The minimum absolute atomic E-state index is 0.0182. The third-order valence-corrected chi connectivity index (χ3v) is 4.05. The van der Waals surface area contributed by atoms with Crippen LogP contribution in [-0.2, 0) is 13.0 Å². The summed E-state index contributed by atoms with van der Waals surface area (Å²) >= 11 is 1.47. The van der Waals surface area contributed by atoms with Gasteiger partial charge < -0.3 is 9.42 Å². The van der Waals surface area contributed by atoms with Crippen LogP contribution in [0.15, 0.2) is 10.6 Å². The highest BCUT2D eigenvalue weighted by atomic mass is 32.1. The van der Waals surface area contributed by atoms with Gasteiger partial charge in [0.15, 0.2) is 0 Å². The monoisotopic (exact) mass is 279 g/mol. The number of rotatable bonds is 4. The third kappa shape index (κ3) is 3.01. The first-order valence-electron chi connectivity index (χ1n) is 6.15. The normalized spacial score (nSPS) is 10.7. The number of aromatic nitrogens is 2. The van der Waals surface area contributed by atoms with Crippen molar-refractivity contribution in [3.05, 3.63) is 33.1 Å². The Morgan fingerprint density at radius 2 is 2.21 bits per heavy atom. The Balaban J connectivity index is 2.12. The Labute approximate surface area is 116 Å². The maximum atomic E-state index is 12.3. The highest BCUT2D eigenvalue weighted by molar-refractivity contribution is 7.13. The van der Waals surface area contributed by atoms with Crippen LogP contribution in [0.4, 0.5) is 0 Å². The SMILES string of the molecule is CCc1nc(C)c(C(=O)N(C)Cc2cc(C)on2)s1. The fourth-order valence-electron chi connectivity index (χ4n) is 1.78. The molecule has 0 radical (unpaired) electrons. The molecule has 0 saturated carbocycles. The highest BCUT2D eigenvalue weighted by Gasteiger charge is 2.19. The highest BCUT2D eigenvalue weighted by Crippen LogP contribution is 2.20. The molecule has 0 aliphatic heterocycles. The number of amides is 1. The van der Waals surface area contributed by atoms with E-state index >= 15 is 0 Å². The van der Waals surface area contributed by atoms with E-state index in [-0.39, 0.29) is 5.91 Å². The van der Waals surface area contributed by atoms with Crippen molar-refractivity contribution < 1.29 is 9.32 Å². The Morgan fingerprint density at radius 3 is 2.74 bits per heavy atom. The van der Waals surface area contributed by atoms with Gasteiger partial charge in [-0.2, -0.15) is 0 Å². The molecule has 0 saturated heterocycles. The fraction of sp³-hybridized carbons (Fsp3) is 0.462. The molecule has 19 heavy (non-hydrogen) atoms. The van der Waals surface area contributed by atoms with E-state index < -0.39 is 0 Å². The first kappa shape index (κ1) is 13.7. The van der Waals surface area contributed by atoms with Crippen LogP contribution >= 0.6 is 11.3 Å². The average Bonchev–Trinajstić information content (AvgIpc) is 2.94. The third-order valence-electron chi connectivity index (χ3n) is 2.76. The van der Waals surface area contributed by atoms with Gasteiger partial charge in [-0.25, -0.2) is 4.98 Å². The predicted molar refractivity (Wildman–Crippen MR) is 73.3 cm³/mol. The Kier molecular flexibility index (Phi) is 3.99. The minimum atomic E-state index is -0.0182. The molecular weight excluding hydrogens is 262 g/mol. The predicted octanol–water partition coefficient (Wildman–Crippen LogP) is 2.58. The van der Waals surface area contributed by atoms with Crippen LogP contribution in [-0.4, -0.2) is 28.0 Å². The summed E-state index contributed by atoms with van der Waals surface area (Å²) in [7, 11) is 1.76. The Hall–Kier alpha value is -1.69. The maximum Gasteiger partial charge on any atom is 0.265 e. The van der Waals surface area contributed by atoms with Gasteiger partial charge in [-0.1, -0.05) is 12.1 Å². The lowest BCUT2D eigenvalue weighted by atomic mass is 10.3. The summed E-state index contributed by atoms with van der Waals surface area (Å²) in [6.07, 6.45) is 0.852. The van der Waals surface area contributed by atoms with E-state index in [0.717, 1.165) is 28.6 Å². The first-order chi connectivity index (χ1) is 9.01. The number of carbonyl (C=O) groups is 1. The summed E-state index contributed by atoms with van der Waals surface area (Å²) in [4.78, 5) is 19.1.